The van der Waals surface area contributed by atoms with Crippen LogP contribution in [0.2, 0.25) is 0 Å². The number of nitrogens with zero attached hydrogens (tertiary/aromatic N) is 3. The van der Waals surface area contributed by atoms with E-state index in [1.165, 1.54) is 18.2 Å². The molecule has 1 rings (SSSR count). The van der Waals surface area contributed by atoms with Crippen LogP contribution in [-0.4, -0.2) is 21.5 Å². The van der Waals surface area contributed by atoms with E-state index in [0.29, 0.717) is 0 Å². The molecule has 0 unspecified atom stereocenters. The Labute approximate surface area is 118 Å². The van der Waals surface area contributed by atoms with Gasteiger partial charge in [-0.3, -0.25) is 20.9 Å². The molecule has 0 atom stereocenters. The predicted octanol–water partition coefficient (Wildman–Crippen LogP) is 0.456. The highest BCUT2D eigenvalue weighted by Crippen LogP contribution is 2.22. The minimum absolute atomic E-state index is 0.0762. The lowest BCUT2D eigenvalue weighted by Crippen LogP contribution is -2.22. The van der Waals surface area contributed by atoms with Crippen LogP contribution in [0.3, 0.4) is 0 Å². The summed E-state index contributed by atoms with van der Waals surface area (Å²) in [6, 6.07) is 5.36. The van der Waals surface area contributed by atoms with Crippen LogP contribution in [0, 0.1) is 26.9 Å². The highest BCUT2D eigenvalue weighted by molar-refractivity contribution is 7.80. The number of non-ortho nitro benzene ring substituents is 1. The summed E-state index contributed by atoms with van der Waals surface area (Å²) in [5.74, 6) is -0.515. The van der Waals surface area contributed by atoms with Crippen molar-refractivity contribution in [3.63, 3.8) is 0 Å². The van der Waals surface area contributed by atoms with Gasteiger partial charge < -0.3 is 11.5 Å². The van der Waals surface area contributed by atoms with E-state index in [1.54, 1.807) is 6.07 Å². The average molecular weight is 291 g/mol. The molecule has 0 saturated heterocycles. The third-order valence-electron chi connectivity index (χ3n) is 2.13. The van der Waals surface area contributed by atoms with E-state index < -0.39 is 10.8 Å². The third kappa shape index (κ3) is 3.47. The first-order chi connectivity index (χ1) is 9.36. The van der Waals surface area contributed by atoms with Gasteiger partial charge >= 0.3 is 0 Å². The Hall–Kier alpha value is -3.06. The first-order valence-electron chi connectivity index (χ1n) is 5.03. The Kier molecular flexibility index (Phi) is 4.66. The molecular weight excluding hydrogens is 282 g/mol. The zero-order valence-corrected chi connectivity index (χ0v) is 10.8. The van der Waals surface area contributed by atoms with Gasteiger partial charge in [-0.25, -0.2) is 0 Å². The van der Waals surface area contributed by atoms with E-state index in [-0.39, 0.29) is 27.6 Å². The normalized spacial score (nSPS) is 10.4. The molecule has 0 bridgehead atoms. The van der Waals surface area contributed by atoms with Crippen molar-refractivity contribution < 1.29 is 4.92 Å². The quantitative estimate of drug-likeness (QED) is 0.201. The monoisotopic (exact) mass is 291 g/mol. The van der Waals surface area contributed by atoms with Crippen molar-refractivity contribution in [3.05, 3.63) is 33.9 Å². The highest BCUT2D eigenvalue weighted by atomic mass is 32.1. The number of nitrogens with one attached hydrogen (secondary N) is 2. The van der Waals surface area contributed by atoms with Crippen molar-refractivity contribution in [2.75, 3.05) is 5.43 Å². The molecule has 1 aromatic carbocycles. The summed E-state index contributed by atoms with van der Waals surface area (Å²) < 4.78 is 0. The Bertz CT molecular complexity index is 662. The molecule has 0 aliphatic carbocycles. The number of anilines is 1. The van der Waals surface area contributed by atoms with Crippen LogP contribution in [0.15, 0.2) is 23.3 Å². The Morgan fingerprint density at radius 3 is 2.65 bits per heavy atom. The van der Waals surface area contributed by atoms with Gasteiger partial charge in [0.2, 0.25) is 5.71 Å². The van der Waals surface area contributed by atoms with Gasteiger partial charge in [-0.05, 0) is 6.07 Å². The Balaban J connectivity index is 3.20. The fraction of sp³-hybridized carbons (Fsp3) is 0. The number of amidine groups is 1. The number of nitriles is 1. The van der Waals surface area contributed by atoms with Gasteiger partial charge in [0.15, 0.2) is 5.84 Å². The standard InChI is InChI=1S/C10H9N7O2S/c11-4-8(9(12)13)16-15-7-2-1-5(17(18)19)3-6(7)10(14)20/h1-3,15H,(H3,12,13)(H2,14,20)/b16-8+. The third-order valence-corrected chi connectivity index (χ3v) is 2.35. The number of benzene rings is 1. The highest BCUT2D eigenvalue weighted by Gasteiger charge is 2.13. The van der Waals surface area contributed by atoms with Gasteiger partial charge in [-0.2, -0.15) is 10.4 Å². The number of hydrogen-bond acceptors (Lipinski definition) is 7. The molecule has 0 aliphatic rings. The van der Waals surface area contributed by atoms with Crippen LogP contribution in [0.4, 0.5) is 11.4 Å². The van der Waals surface area contributed by atoms with Crippen molar-refractivity contribution in [1.29, 1.82) is 10.7 Å². The summed E-state index contributed by atoms with van der Waals surface area (Å²) in [5, 5.41) is 30.1. The van der Waals surface area contributed by atoms with Crippen LogP contribution in [-0.2, 0) is 0 Å². The molecular formula is C10H9N7O2S. The zero-order valence-electron chi connectivity index (χ0n) is 9.95. The molecule has 0 amide bonds. The van der Waals surface area contributed by atoms with E-state index in [2.05, 4.69) is 10.5 Å². The molecule has 10 heteroatoms. The van der Waals surface area contributed by atoms with Crippen molar-refractivity contribution in [1.82, 2.24) is 0 Å². The van der Waals surface area contributed by atoms with Gasteiger partial charge in [0, 0.05) is 17.7 Å². The van der Waals surface area contributed by atoms with Crippen LogP contribution in [0.25, 0.3) is 0 Å². The van der Waals surface area contributed by atoms with Crippen molar-refractivity contribution >= 4 is 40.1 Å². The average Bonchev–Trinajstić information content (AvgIpc) is 2.38. The van der Waals surface area contributed by atoms with Crippen LogP contribution in [0.5, 0.6) is 0 Å². The number of nitro benzene ring substituents is 1. The van der Waals surface area contributed by atoms with Gasteiger partial charge in [0.25, 0.3) is 5.69 Å². The maximum absolute atomic E-state index is 10.7. The van der Waals surface area contributed by atoms with Gasteiger partial charge in [0.05, 0.1) is 10.6 Å². The second-order valence-corrected chi connectivity index (χ2v) is 3.89. The number of nitrogens with two attached hydrogens (primary N) is 2. The fourth-order valence-electron chi connectivity index (χ4n) is 1.21. The number of hydrazone groups is 1. The smallest absolute Gasteiger partial charge is 0.270 e. The molecule has 0 radical (unpaired) electrons. The Morgan fingerprint density at radius 2 is 2.20 bits per heavy atom. The van der Waals surface area contributed by atoms with E-state index in [9.17, 15) is 10.1 Å². The first kappa shape index (κ1) is 15.0. The van der Waals surface area contributed by atoms with E-state index >= 15 is 0 Å². The fourth-order valence-corrected chi connectivity index (χ4v) is 1.38. The van der Waals surface area contributed by atoms with Crippen molar-refractivity contribution in [3.8, 4) is 6.07 Å². The molecule has 0 fully saturated rings. The Morgan fingerprint density at radius 1 is 1.55 bits per heavy atom. The second-order valence-electron chi connectivity index (χ2n) is 3.45. The first-order valence-corrected chi connectivity index (χ1v) is 5.44. The molecule has 0 heterocycles. The summed E-state index contributed by atoms with van der Waals surface area (Å²) >= 11 is 4.79. The minimum atomic E-state index is -0.592. The maximum Gasteiger partial charge on any atom is 0.270 e. The van der Waals surface area contributed by atoms with Crippen molar-refractivity contribution in [2.24, 2.45) is 16.6 Å². The van der Waals surface area contributed by atoms with Gasteiger partial charge in [-0.15, -0.1) is 0 Å². The zero-order chi connectivity index (χ0) is 15.3. The molecule has 0 aliphatic heterocycles. The lowest BCUT2D eigenvalue weighted by Gasteiger charge is -2.07. The molecule has 1 aromatic rings. The molecule has 102 valence electrons. The molecule has 20 heavy (non-hydrogen) atoms. The number of nitro groups is 1. The van der Waals surface area contributed by atoms with Crippen LogP contribution < -0.4 is 16.9 Å². The number of hydrogen-bond donors (Lipinski definition) is 4. The lowest BCUT2D eigenvalue weighted by atomic mass is 10.1. The van der Waals surface area contributed by atoms with Gasteiger partial charge in [-0.1, -0.05) is 12.2 Å². The largest absolute Gasteiger partial charge is 0.389 e. The van der Waals surface area contributed by atoms with Gasteiger partial charge in [0.1, 0.15) is 11.1 Å². The van der Waals surface area contributed by atoms with Crippen LogP contribution >= 0.6 is 12.2 Å². The van der Waals surface area contributed by atoms with Crippen LogP contribution in [0.1, 0.15) is 5.56 Å². The van der Waals surface area contributed by atoms with E-state index in [4.69, 9.17) is 34.4 Å². The summed E-state index contributed by atoms with van der Waals surface area (Å²) in [5.41, 5.74) is 13.0. The summed E-state index contributed by atoms with van der Waals surface area (Å²) in [7, 11) is 0. The minimum Gasteiger partial charge on any atom is -0.389 e. The van der Waals surface area contributed by atoms with E-state index in [0.717, 1.165) is 0 Å². The van der Waals surface area contributed by atoms with E-state index in [1.807, 2.05) is 0 Å². The molecule has 6 N–H and O–H groups in total. The molecule has 0 spiro atoms. The number of rotatable bonds is 5. The maximum atomic E-state index is 10.7. The molecule has 0 aromatic heterocycles. The predicted molar refractivity (Wildman–Crippen MR) is 77.6 cm³/mol. The summed E-state index contributed by atoms with van der Waals surface area (Å²) in [4.78, 5) is 10.0. The molecule has 0 saturated carbocycles. The summed E-state index contributed by atoms with van der Waals surface area (Å²) in [6.45, 7) is 0. The van der Waals surface area contributed by atoms with Crippen molar-refractivity contribution in [2.45, 2.75) is 0 Å². The number of thiocarbonyl (C=S) groups is 1. The SMILES string of the molecule is N#C/C(=N\Nc1ccc([N+](=O)[O-])cc1C(N)=S)C(=N)N. The summed E-state index contributed by atoms with van der Waals surface area (Å²) in [6.07, 6.45) is 0. The molecule has 9 nitrogen and oxygen atoms in total. The second kappa shape index (κ2) is 6.21. The lowest BCUT2D eigenvalue weighted by molar-refractivity contribution is -0.384. The topological polar surface area (TPSA) is 167 Å².